The number of aromatic nitrogens is 3. The normalized spacial score (nSPS) is 20.9. The number of nitrogens with zero attached hydrogens (tertiary/aromatic N) is 4. The minimum atomic E-state index is 0.439. The molecule has 2 atom stereocenters. The van der Waals surface area contributed by atoms with Crippen molar-refractivity contribution in [3.8, 4) is 22.6 Å². The molecule has 0 aliphatic carbocycles. The number of rotatable bonds is 4. The smallest absolute Gasteiger partial charge is 0.146 e. The summed E-state index contributed by atoms with van der Waals surface area (Å²) in [7, 11) is 0. The fourth-order valence-corrected chi connectivity index (χ4v) is 5.29. The van der Waals surface area contributed by atoms with Crippen molar-refractivity contribution in [1.29, 1.82) is 0 Å². The maximum atomic E-state index is 6.35. The van der Waals surface area contributed by atoms with Gasteiger partial charge in [0.2, 0.25) is 0 Å². The quantitative estimate of drug-likeness (QED) is 0.518. The van der Waals surface area contributed by atoms with Crippen LogP contribution in [0.25, 0.3) is 22.2 Å². The topological polar surface area (TPSA) is 69.2 Å². The van der Waals surface area contributed by atoms with Gasteiger partial charge in [-0.25, -0.2) is 9.97 Å². The molecule has 31 heavy (non-hydrogen) atoms. The number of hydrogen-bond acceptors (Lipinski definition) is 5. The predicted molar refractivity (Wildman–Crippen MR) is 122 cm³/mol. The number of ether oxygens (including phenoxy) is 1. The van der Waals surface area contributed by atoms with Crippen LogP contribution in [-0.2, 0) is 0 Å². The third kappa shape index (κ3) is 3.15. The monoisotopic (exact) mass is 411 g/mol. The van der Waals surface area contributed by atoms with E-state index in [9.17, 15) is 0 Å². The van der Waals surface area contributed by atoms with E-state index in [1.807, 2.05) is 42.5 Å². The zero-order valence-corrected chi connectivity index (χ0v) is 17.3. The highest BCUT2D eigenvalue weighted by atomic mass is 16.5. The van der Waals surface area contributed by atoms with Gasteiger partial charge in [-0.2, -0.15) is 0 Å². The lowest BCUT2D eigenvalue weighted by Gasteiger charge is -2.22. The molecule has 2 aromatic heterocycles. The van der Waals surface area contributed by atoms with Crippen molar-refractivity contribution >= 4 is 16.9 Å². The third-order valence-corrected chi connectivity index (χ3v) is 6.71. The summed E-state index contributed by atoms with van der Waals surface area (Å²) in [6.45, 7) is 2.38. The van der Waals surface area contributed by atoms with Crippen LogP contribution in [0, 0.1) is 0 Å². The van der Waals surface area contributed by atoms with E-state index in [0.717, 1.165) is 46.6 Å². The number of anilines is 1. The van der Waals surface area contributed by atoms with Gasteiger partial charge >= 0.3 is 0 Å². The highest BCUT2D eigenvalue weighted by Gasteiger charge is 2.39. The van der Waals surface area contributed by atoms with Gasteiger partial charge in [0.05, 0.1) is 11.4 Å². The van der Waals surface area contributed by atoms with Crippen LogP contribution >= 0.6 is 0 Å². The fourth-order valence-electron chi connectivity index (χ4n) is 5.29. The van der Waals surface area contributed by atoms with Crippen LogP contribution in [-0.4, -0.2) is 38.6 Å². The van der Waals surface area contributed by atoms with Gasteiger partial charge in [0, 0.05) is 24.3 Å². The summed E-state index contributed by atoms with van der Waals surface area (Å²) in [5.74, 6) is 2.16. The maximum absolute atomic E-state index is 6.35. The molecular formula is C25H25N5O. The Bertz CT molecular complexity index is 1220. The van der Waals surface area contributed by atoms with Crippen molar-refractivity contribution < 1.29 is 4.74 Å². The first-order chi connectivity index (χ1) is 15.3. The second-order valence-electron chi connectivity index (χ2n) is 8.45. The lowest BCUT2D eigenvalue weighted by molar-refractivity contribution is 0.292. The van der Waals surface area contributed by atoms with Gasteiger partial charge in [0.15, 0.2) is 0 Å². The van der Waals surface area contributed by atoms with Crippen LogP contribution in [0.5, 0.6) is 11.5 Å². The van der Waals surface area contributed by atoms with E-state index >= 15 is 0 Å². The van der Waals surface area contributed by atoms with Crippen molar-refractivity contribution in [2.24, 2.45) is 0 Å². The standard InChI is InChI=1S/C25H25N5O/c26-24-23-20(17-8-10-19(11-9-17)31-18-5-2-1-3-6-18)15-30(25(23)28-16-27-24)22-12-14-29-13-4-7-21(22)29/h1-3,5-6,8-11,15-16,21-22H,4,7,12-14H2,(H2,26,27,28). The van der Waals surface area contributed by atoms with Gasteiger partial charge in [0.1, 0.15) is 29.3 Å². The van der Waals surface area contributed by atoms with E-state index in [1.165, 1.54) is 19.4 Å². The minimum Gasteiger partial charge on any atom is -0.457 e. The SMILES string of the molecule is Nc1ncnc2c1c(-c1ccc(Oc3ccccc3)cc1)cn2C1CCN2CCCC12. The molecule has 0 radical (unpaired) electrons. The minimum absolute atomic E-state index is 0.439. The van der Waals surface area contributed by atoms with Crippen molar-refractivity contribution in [1.82, 2.24) is 19.4 Å². The lowest BCUT2D eigenvalue weighted by Crippen LogP contribution is -2.27. The molecule has 6 nitrogen and oxygen atoms in total. The van der Waals surface area contributed by atoms with Gasteiger partial charge in [0.25, 0.3) is 0 Å². The summed E-state index contributed by atoms with van der Waals surface area (Å²) in [6, 6.07) is 19.0. The number of fused-ring (bicyclic) bond motifs is 2. The second kappa shape index (κ2) is 7.39. The molecule has 4 heterocycles. The van der Waals surface area contributed by atoms with E-state index in [2.05, 4.69) is 37.8 Å². The Morgan fingerprint density at radius 3 is 2.52 bits per heavy atom. The van der Waals surface area contributed by atoms with Crippen molar-refractivity contribution in [3.63, 3.8) is 0 Å². The number of para-hydroxylation sites is 1. The molecule has 4 aromatic rings. The molecule has 2 aliphatic heterocycles. The van der Waals surface area contributed by atoms with Crippen LogP contribution in [0.2, 0.25) is 0 Å². The zero-order chi connectivity index (χ0) is 20.8. The molecule has 6 heteroatoms. The molecule has 2 aliphatic rings. The Morgan fingerprint density at radius 2 is 1.68 bits per heavy atom. The maximum Gasteiger partial charge on any atom is 0.146 e. The average molecular weight is 412 g/mol. The molecule has 2 aromatic carbocycles. The Hall–Kier alpha value is -3.38. The van der Waals surface area contributed by atoms with Crippen LogP contribution in [0.3, 0.4) is 0 Å². The summed E-state index contributed by atoms with van der Waals surface area (Å²) < 4.78 is 8.31. The molecule has 0 amide bonds. The van der Waals surface area contributed by atoms with Gasteiger partial charge in [-0.3, -0.25) is 4.90 Å². The highest BCUT2D eigenvalue weighted by Crippen LogP contribution is 2.41. The van der Waals surface area contributed by atoms with Crippen molar-refractivity contribution in [2.45, 2.75) is 31.3 Å². The van der Waals surface area contributed by atoms with E-state index < -0.39 is 0 Å². The fraction of sp³-hybridized carbons (Fsp3) is 0.280. The highest BCUT2D eigenvalue weighted by molar-refractivity contribution is 6.00. The van der Waals surface area contributed by atoms with Crippen molar-refractivity contribution in [3.05, 3.63) is 67.1 Å². The largest absolute Gasteiger partial charge is 0.457 e. The first-order valence-electron chi connectivity index (χ1n) is 11.0. The molecule has 0 spiro atoms. The molecule has 2 unspecified atom stereocenters. The third-order valence-electron chi connectivity index (χ3n) is 6.71. The summed E-state index contributed by atoms with van der Waals surface area (Å²) in [6.07, 6.45) is 7.51. The lowest BCUT2D eigenvalue weighted by atomic mass is 10.1. The van der Waals surface area contributed by atoms with Gasteiger partial charge in [-0.15, -0.1) is 0 Å². The van der Waals surface area contributed by atoms with E-state index in [1.54, 1.807) is 6.33 Å². The number of nitrogen functional groups attached to an aromatic ring is 1. The van der Waals surface area contributed by atoms with Gasteiger partial charge in [-0.05, 0) is 55.6 Å². The summed E-state index contributed by atoms with van der Waals surface area (Å²) >= 11 is 0. The Balaban J connectivity index is 1.39. The van der Waals surface area contributed by atoms with E-state index in [4.69, 9.17) is 10.5 Å². The molecule has 0 saturated carbocycles. The zero-order valence-electron chi connectivity index (χ0n) is 17.3. The second-order valence-corrected chi connectivity index (χ2v) is 8.45. The molecule has 2 fully saturated rings. The summed E-state index contributed by atoms with van der Waals surface area (Å²) in [4.78, 5) is 11.6. The molecule has 0 bridgehead atoms. The summed E-state index contributed by atoms with van der Waals surface area (Å²) in [5, 5.41) is 0.940. The molecule has 2 N–H and O–H groups in total. The molecule has 156 valence electrons. The first-order valence-corrected chi connectivity index (χ1v) is 11.0. The molecule has 2 saturated heterocycles. The van der Waals surface area contributed by atoms with E-state index in [0.29, 0.717) is 17.9 Å². The Labute approximate surface area is 181 Å². The van der Waals surface area contributed by atoms with Crippen LogP contribution in [0.1, 0.15) is 25.3 Å². The molecule has 6 rings (SSSR count). The number of hydrogen-bond donors (Lipinski definition) is 1. The number of benzene rings is 2. The molecular weight excluding hydrogens is 386 g/mol. The van der Waals surface area contributed by atoms with Crippen LogP contribution in [0.15, 0.2) is 67.1 Å². The Morgan fingerprint density at radius 1 is 0.871 bits per heavy atom. The van der Waals surface area contributed by atoms with E-state index in [-0.39, 0.29) is 0 Å². The number of nitrogens with two attached hydrogens (primary N) is 1. The summed E-state index contributed by atoms with van der Waals surface area (Å²) in [5.41, 5.74) is 9.45. The van der Waals surface area contributed by atoms with Gasteiger partial charge in [-0.1, -0.05) is 30.3 Å². The average Bonchev–Trinajstić information content (AvgIpc) is 3.50. The van der Waals surface area contributed by atoms with Crippen LogP contribution < -0.4 is 10.5 Å². The van der Waals surface area contributed by atoms with Crippen molar-refractivity contribution in [2.75, 3.05) is 18.8 Å². The Kier molecular flexibility index (Phi) is 4.39. The van der Waals surface area contributed by atoms with Crippen LogP contribution in [0.4, 0.5) is 5.82 Å². The predicted octanol–water partition coefficient (Wildman–Crippen LogP) is 4.88. The van der Waals surface area contributed by atoms with Gasteiger partial charge < -0.3 is 15.0 Å². The first kappa shape index (κ1) is 18.4.